The van der Waals surface area contributed by atoms with Crippen molar-refractivity contribution in [2.24, 2.45) is 0 Å². The molecule has 2 heterocycles. The largest absolute Gasteiger partial charge is 0.349 e. The number of amides is 2. The molecule has 7 nitrogen and oxygen atoms in total. The third kappa shape index (κ3) is 4.31. The first-order valence-electron chi connectivity index (χ1n) is 10.3. The maximum absolute atomic E-state index is 12.9. The minimum Gasteiger partial charge on any atom is -0.349 e. The first-order chi connectivity index (χ1) is 15.6. The van der Waals surface area contributed by atoms with Crippen LogP contribution in [-0.4, -0.2) is 27.4 Å². The molecule has 2 amide bonds. The quantitative estimate of drug-likeness (QED) is 0.475. The lowest BCUT2D eigenvalue weighted by Crippen LogP contribution is -2.28. The molecule has 1 saturated carbocycles. The number of hydrogen-bond acceptors (Lipinski definition) is 5. The summed E-state index contributed by atoms with van der Waals surface area (Å²) in [4.78, 5) is 43.0. The fraction of sp³-hybridized carbons (Fsp3) is 0.167. The molecule has 0 unspecified atom stereocenters. The summed E-state index contributed by atoms with van der Waals surface area (Å²) in [5, 5.41) is 5.68. The van der Waals surface area contributed by atoms with Gasteiger partial charge in [-0.15, -0.1) is 11.3 Å². The number of thiophene rings is 1. The second kappa shape index (κ2) is 8.39. The van der Waals surface area contributed by atoms with Gasteiger partial charge < -0.3 is 10.6 Å². The molecule has 5 rings (SSSR count). The van der Waals surface area contributed by atoms with Gasteiger partial charge in [-0.2, -0.15) is 0 Å². The Hall–Kier alpha value is -3.78. The van der Waals surface area contributed by atoms with E-state index in [2.05, 4.69) is 15.6 Å². The van der Waals surface area contributed by atoms with Crippen LogP contribution >= 0.6 is 11.3 Å². The second-order valence-electron chi connectivity index (χ2n) is 7.75. The summed E-state index contributed by atoms with van der Waals surface area (Å²) in [5.41, 5.74) is 2.37. The molecule has 2 aromatic carbocycles. The fourth-order valence-electron chi connectivity index (χ4n) is 3.39. The molecule has 1 aliphatic rings. The molecule has 1 fully saturated rings. The number of fused-ring (bicyclic) bond motifs is 1. The zero-order chi connectivity index (χ0) is 22.1. The molecule has 160 valence electrons. The fourth-order valence-corrected chi connectivity index (χ4v) is 4.46. The first-order valence-corrected chi connectivity index (χ1v) is 11.1. The van der Waals surface area contributed by atoms with Gasteiger partial charge in [-0.25, -0.2) is 4.98 Å². The number of nitrogens with zero attached hydrogens (tertiary/aromatic N) is 2. The van der Waals surface area contributed by atoms with Gasteiger partial charge in [0.2, 0.25) is 5.91 Å². The lowest BCUT2D eigenvalue weighted by molar-refractivity contribution is -0.116. The molecule has 0 radical (unpaired) electrons. The molecule has 32 heavy (non-hydrogen) atoms. The van der Waals surface area contributed by atoms with Crippen LogP contribution in [-0.2, 0) is 11.3 Å². The summed E-state index contributed by atoms with van der Waals surface area (Å²) in [6.45, 7) is -0.168. The summed E-state index contributed by atoms with van der Waals surface area (Å²) < 4.78 is 1.81. The summed E-state index contributed by atoms with van der Waals surface area (Å²) in [6, 6.07) is 18.7. The van der Waals surface area contributed by atoms with E-state index in [-0.39, 0.29) is 30.0 Å². The van der Waals surface area contributed by atoms with E-state index in [9.17, 15) is 14.4 Å². The van der Waals surface area contributed by atoms with Crippen molar-refractivity contribution in [2.75, 3.05) is 5.32 Å². The van der Waals surface area contributed by atoms with Crippen molar-refractivity contribution >= 4 is 39.1 Å². The van der Waals surface area contributed by atoms with Crippen LogP contribution < -0.4 is 16.2 Å². The summed E-state index contributed by atoms with van der Waals surface area (Å²) >= 11 is 1.37. The first kappa shape index (κ1) is 20.1. The smallest absolute Gasteiger partial charge is 0.271 e. The molecule has 1 aliphatic carbocycles. The number of carbonyl (C=O) groups excluding carboxylic acids is 2. The Balaban J connectivity index is 1.32. The highest BCUT2D eigenvalue weighted by Crippen LogP contribution is 2.30. The average Bonchev–Trinajstić information content (AvgIpc) is 3.51. The van der Waals surface area contributed by atoms with Crippen LogP contribution in [0.2, 0.25) is 0 Å². The van der Waals surface area contributed by atoms with E-state index < -0.39 is 0 Å². The minimum absolute atomic E-state index is 0.151. The number of carbonyl (C=O) groups is 2. The van der Waals surface area contributed by atoms with Gasteiger partial charge >= 0.3 is 0 Å². The number of nitrogens with one attached hydrogen (secondary N) is 2. The molecular formula is C24H20N4O3S. The van der Waals surface area contributed by atoms with Crippen LogP contribution in [0.3, 0.4) is 0 Å². The molecular weight excluding hydrogens is 424 g/mol. The SMILES string of the molecule is O=C(Cn1cnc2cc(-c3ccccc3)sc2c1=O)Nc1cccc(C(=O)NC2CC2)c1. The maximum Gasteiger partial charge on any atom is 0.271 e. The Labute approximate surface area is 187 Å². The van der Waals surface area contributed by atoms with Crippen LogP contribution in [0.5, 0.6) is 0 Å². The van der Waals surface area contributed by atoms with Gasteiger partial charge in [-0.1, -0.05) is 36.4 Å². The van der Waals surface area contributed by atoms with Gasteiger partial charge in [0.15, 0.2) is 0 Å². The Morgan fingerprint density at radius 2 is 1.88 bits per heavy atom. The predicted octanol–water partition coefficient (Wildman–Crippen LogP) is 3.66. The van der Waals surface area contributed by atoms with Gasteiger partial charge in [-0.3, -0.25) is 19.0 Å². The third-order valence-electron chi connectivity index (χ3n) is 5.20. The number of aromatic nitrogens is 2. The molecule has 0 atom stereocenters. The summed E-state index contributed by atoms with van der Waals surface area (Å²) in [5.74, 6) is -0.519. The number of anilines is 1. The van der Waals surface area contributed by atoms with E-state index in [4.69, 9.17) is 0 Å². The average molecular weight is 445 g/mol. The highest BCUT2D eigenvalue weighted by atomic mass is 32.1. The van der Waals surface area contributed by atoms with Crippen LogP contribution in [0.25, 0.3) is 20.7 Å². The molecule has 0 aliphatic heterocycles. The number of hydrogen-bond donors (Lipinski definition) is 2. The van der Waals surface area contributed by atoms with Crippen LogP contribution in [0.15, 0.2) is 71.8 Å². The van der Waals surface area contributed by atoms with Crippen LogP contribution in [0.1, 0.15) is 23.2 Å². The van der Waals surface area contributed by atoms with Crippen molar-refractivity contribution < 1.29 is 9.59 Å². The normalized spacial score (nSPS) is 13.1. The molecule has 8 heteroatoms. The summed E-state index contributed by atoms with van der Waals surface area (Å²) in [7, 11) is 0. The molecule has 0 bridgehead atoms. The molecule has 4 aromatic rings. The lowest BCUT2D eigenvalue weighted by Gasteiger charge is -2.09. The Morgan fingerprint density at radius 3 is 2.66 bits per heavy atom. The van der Waals surface area contributed by atoms with Crippen molar-refractivity contribution in [3.05, 3.63) is 82.9 Å². The number of benzene rings is 2. The van der Waals surface area contributed by atoms with Gasteiger partial charge in [0.05, 0.1) is 11.8 Å². The van der Waals surface area contributed by atoms with Gasteiger partial charge in [-0.05, 0) is 42.7 Å². The zero-order valence-electron chi connectivity index (χ0n) is 17.1. The molecule has 0 saturated heterocycles. The van der Waals surface area contributed by atoms with Crippen molar-refractivity contribution in [3.63, 3.8) is 0 Å². The van der Waals surface area contributed by atoms with Crippen molar-refractivity contribution in [1.82, 2.24) is 14.9 Å². The maximum atomic E-state index is 12.9. The third-order valence-corrected chi connectivity index (χ3v) is 6.36. The standard InChI is InChI=1S/C24H20N4O3S/c29-21(26-18-8-4-7-16(11-18)23(30)27-17-9-10-17)13-28-14-25-19-12-20(32-22(19)24(28)31)15-5-2-1-3-6-15/h1-8,11-12,14,17H,9-10,13H2,(H,26,29)(H,27,30). The van der Waals surface area contributed by atoms with Crippen molar-refractivity contribution in [2.45, 2.75) is 25.4 Å². The van der Waals surface area contributed by atoms with Crippen LogP contribution in [0.4, 0.5) is 5.69 Å². The minimum atomic E-state index is -0.368. The molecule has 2 aromatic heterocycles. The Morgan fingerprint density at radius 1 is 1.06 bits per heavy atom. The van der Waals surface area contributed by atoms with E-state index >= 15 is 0 Å². The van der Waals surface area contributed by atoms with E-state index in [0.717, 1.165) is 23.3 Å². The zero-order valence-corrected chi connectivity index (χ0v) is 17.9. The lowest BCUT2D eigenvalue weighted by atomic mass is 10.2. The molecule has 2 N–H and O–H groups in total. The second-order valence-corrected chi connectivity index (χ2v) is 8.80. The highest BCUT2D eigenvalue weighted by molar-refractivity contribution is 7.22. The van der Waals surface area contributed by atoms with E-state index in [1.807, 2.05) is 36.4 Å². The Bertz CT molecular complexity index is 1370. The predicted molar refractivity (Wildman–Crippen MR) is 125 cm³/mol. The van der Waals surface area contributed by atoms with Crippen LogP contribution in [0, 0.1) is 0 Å². The van der Waals surface area contributed by atoms with E-state index in [1.54, 1.807) is 24.3 Å². The van der Waals surface area contributed by atoms with E-state index in [1.165, 1.54) is 22.2 Å². The monoisotopic (exact) mass is 444 g/mol. The summed E-state index contributed by atoms with van der Waals surface area (Å²) in [6.07, 6.45) is 3.41. The van der Waals surface area contributed by atoms with Gasteiger partial charge in [0, 0.05) is 22.2 Å². The van der Waals surface area contributed by atoms with E-state index in [0.29, 0.717) is 21.5 Å². The van der Waals surface area contributed by atoms with Gasteiger partial charge in [0.1, 0.15) is 11.2 Å². The Kier molecular flexibility index (Phi) is 5.28. The van der Waals surface area contributed by atoms with Crippen molar-refractivity contribution in [3.8, 4) is 10.4 Å². The van der Waals surface area contributed by atoms with Crippen molar-refractivity contribution in [1.29, 1.82) is 0 Å². The molecule has 0 spiro atoms. The number of rotatable bonds is 6. The highest BCUT2D eigenvalue weighted by Gasteiger charge is 2.23. The topological polar surface area (TPSA) is 93.1 Å². The van der Waals surface area contributed by atoms with Gasteiger partial charge in [0.25, 0.3) is 11.5 Å².